The molecule has 0 atom stereocenters. The standard InChI is InChI=1S/C15H23NO/c1-11-9-12(2)15(13(3)10-11)17-8-7-16-14-5-4-6-14/h9-10,14,16H,4-8H2,1-3H3. The number of nitrogens with one attached hydrogen (secondary N) is 1. The summed E-state index contributed by atoms with van der Waals surface area (Å²) in [6.45, 7) is 8.09. The van der Waals surface area contributed by atoms with E-state index in [0.29, 0.717) is 0 Å². The van der Waals surface area contributed by atoms with Crippen molar-refractivity contribution in [3.05, 3.63) is 28.8 Å². The molecular weight excluding hydrogens is 210 g/mol. The van der Waals surface area contributed by atoms with E-state index in [-0.39, 0.29) is 0 Å². The van der Waals surface area contributed by atoms with Crippen LogP contribution in [-0.4, -0.2) is 19.2 Å². The minimum Gasteiger partial charge on any atom is -0.492 e. The molecule has 1 saturated carbocycles. The lowest BCUT2D eigenvalue weighted by molar-refractivity contribution is 0.274. The largest absolute Gasteiger partial charge is 0.492 e. The van der Waals surface area contributed by atoms with Gasteiger partial charge in [-0.2, -0.15) is 0 Å². The second kappa shape index (κ2) is 5.54. The lowest BCUT2D eigenvalue weighted by Crippen LogP contribution is -2.37. The minimum atomic E-state index is 0.749. The van der Waals surface area contributed by atoms with E-state index in [1.807, 2.05) is 0 Å². The fraction of sp³-hybridized carbons (Fsp3) is 0.600. The summed E-state index contributed by atoms with van der Waals surface area (Å²) in [5.41, 5.74) is 3.79. The second-order valence-electron chi connectivity index (χ2n) is 5.16. The van der Waals surface area contributed by atoms with Crippen molar-refractivity contribution in [2.75, 3.05) is 13.2 Å². The highest BCUT2D eigenvalue weighted by molar-refractivity contribution is 5.42. The third kappa shape index (κ3) is 3.22. The molecule has 1 N–H and O–H groups in total. The van der Waals surface area contributed by atoms with E-state index in [1.54, 1.807) is 0 Å². The van der Waals surface area contributed by atoms with E-state index in [1.165, 1.54) is 36.0 Å². The maximum atomic E-state index is 5.88. The Hall–Kier alpha value is -1.02. The highest BCUT2D eigenvalue weighted by atomic mass is 16.5. The van der Waals surface area contributed by atoms with Gasteiger partial charge in [0.25, 0.3) is 0 Å². The van der Waals surface area contributed by atoms with Crippen LogP contribution in [0, 0.1) is 20.8 Å². The van der Waals surface area contributed by atoms with E-state index in [4.69, 9.17) is 4.74 Å². The van der Waals surface area contributed by atoms with Crippen LogP contribution < -0.4 is 10.1 Å². The van der Waals surface area contributed by atoms with Crippen LogP contribution in [-0.2, 0) is 0 Å². The van der Waals surface area contributed by atoms with E-state index >= 15 is 0 Å². The molecule has 1 aromatic rings. The Labute approximate surface area is 104 Å². The van der Waals surface area contributed by atoms with Gasteiger partial charge in [0.05, 0.1) is 0 Å². The zero-order valence-corrected chi connectivity index (χ0v) is 11.2. The molecule has 1 aliphatic rings. The zero-order chi connectivity index (χ0) is 12.3. The van der Waals surface area contributed by atoms with Crippen LogP contribution in [0.5, 0.6) is 5.75 Å². The quantitative estimate of drug-likeness (QED) is 0.789. The van der Waals surface area contributed by atoms with Gasteiger partial charge in [0, 0.05) is 12.6 Å². The molecule has 0 bridgehead atoms. The van der Waals surface area contributed by atoms with Gasteiger partial charge in [-0.3, -0.25) is 0 Å². The Kier molecular flexibility index (Phi) is 4.06. The molecule has 0 radical (unpaired) electrons. The fourth-order valence-electron chi connectivity index (χ4n) is 2.42. The Morgan fingerprint density at radius 2 is 1.82 bits per heavy atom. The predicted octanol–water partition coefficient (Wildman–Crippen LogP) is 3.13. The summed E-state index contributed by atoms with van der Waals surface area (Å²) in [7, 11) is 0. The monoisotopic (exact) mass is 233 g/mol. The van der Waals surface area contributed by atoms with E-state index < -0.39 is 0 Å². The molecule has 2 nitrogen and oxygen atoms in total. The normalized spacial score (nSPS) is 15.7. The van der Waals surface area contributed by atoms with Crippen LogP contribution in [0.25, 0.3) is 0 Å². The summed E-state index contributed by atoms with van der Waals surface area (Å²) in [5.74, 6) is 1.06. The lowest BCUT2D eigenvalue weighted by Gasteiger charge is -2.26. The van der Waals surface area contributed by atoms with Gasteiger partial charge < -0.3 is 10.1 Å². The first-order valence-corrected chi connectivity index (χ1v) is 6.61. The number of benzene rings is 1. The van der Waals surface area contributed by atoms with Gasteiger partial charge >= 0.3 is 0 Å². The van der Waals surface area contributed by atoms with Crippen LogP contribution in [0.3, 0.4) is 0 Å². The first kappa shape index (κ1) is 12.4. The highest BCUT2D eigenvalue weighted by Gasteiger charge is 2.15. The van der Waals surface area contributed by atoms with Gasteiger partial charge in [-0.15, -0.1) is 0 Å². The molecule has 1 aromatic carbocycles. The molecule has 0 aliphatic heterocycles. The first-order chi connectivity index (χ1) is 8.16. The summed E-state index contributed by atoms with van der Waals surface area (Å²) >= 11 is 0. The summed E-state index contributed by atoms with van der Waals surface area (Å²) in [4.78, 5) is 0. The van der Waals surface area contributed by atoms with Crippen molar-refractivity contribution in [2.45, 2.75) is 46.1 Å². The van der Waals surface area contributed by atoms with Gasteiger partial charge in [0.15, 0.2) is 0 Å². The molecule has 1 aliphatic carbocycles. The van der Waals surface area contributed by atoms with Gasteiger partial charge in [-0.25, -0.2) is 0 Å². The van der Waals surface area contributed by atoms with Crippen LogP contribution in [0.1, 0.15) is 36.0 Å². The molecule has 17 heavy (non-hydrogen) atoms. The van der Waals surface area contributed by atoms with Crippen molar-refractivity contribution in [3.8, 4) is 5.75 Å². The zero-order valence-electron chi connectivity index (χ0n) is 11.2. The Morgan fingerprint density at radius 1 is 1.18 bits per heavy atom. The highest BCUT2D eigenvalue weighted by Crippen LogP contribution is 2.24. The summed E-state index contributed by atoms with van der Waals surface area (Å²) in [6.07, 6.45) is 4.06. The number of rotatable bonds is 5. The van der Waals surface area contributed by atoms with E-state index in [0.717, 1.165) is 24.9 Å². The first-order valence-electron chi connectivity index (χ1n) is 6.61. The third-order valence-electron chi connectivity index (χ3n) is 3.49. The lowest BCUT2D eigenvalue weighted by atomic mass is 9.93. The smallest absolute Gasteiger partial charge is 0.125 e. The average molecular weight is 233 g/mol. The molecule has 0 spiro atoms. The molecule has 0 saturated heterocycles. The minimum absolute atomic E-state index is 0.749. The summed E-state index contributed by atoms with van der Waals surface area (Å²) in [5, 5.41) is 3.51. The molecule has 0 unspecified atom stereocenters. The van der Waals surface area contributed by atoms with Crippen molar-refractivity contribution < 1.29 is 4.74 Å². The molecule has 94 valence electrons. The van der Waals surface area contributed by atoms with Crippen molar-refractivity contribution in [1.29, 1.82) is 0 Å². The molecule has 0 amide bonds. The average Bonchev–Trinajstić information content (AvgIpc) is 2.18. The molecule has 2 rings (SSSR count). The molecule has 0 heterocycles. The molecule has 2 heteroatoms. The van der Waals surface area contributed by atoms with Crippen molar-refractivity contribution >= 4 is 0 Å². The molecule has 1 fully saturated rings. The van der Waals surface area contributed by atoms with E-state index in [9.17, 15) is 0 Å². The Balaban J connectivity index is 1.81. The van der Waals surface area contributed by atoms with Gasteiger partial charge in [0.2, 0.25) is 0 Å². The summed E-state index contributed by atoms with van der Waals surface area (Å²) in [6, 6.07) is 5.11. The fourth-order valence-corrected chi connectivity index (χ4v) is 2.42. The van der Waals surface area contributed by atoms with Gasteiger partial charge in [-0.1, -0.05) is 24.1 Å². The van der Waals surface area contributed by atoms with Crippen molar-refractivity contribution in [2.24, 2.45) is 0 Å². The summed E-state index contributed by atoms with van der Waals surface area (Å²) < 4.78 is 5.88. The maximum absolute atomic E-state index is 5.88. The van der Waals surface area contributed by atoms with Crippen LogP contribution in [0.4, 0.5) is 0 Å². The molecule has 0 aromatic heterocycles. The van der Waals surface area contributed by atoms with Gasteiger partial charge in [-0.05, 0) is 44.7 Å². The molecular formula is C15H23NO. The Bertz CT molecular complexity index is 360. The number of ether oxygens (including phenoxy) is 1. The topological polar surface area (TPSA) is 21.3 Å². The SMILES string of the molecule is Cc1cc(C)c(OCCNC2CCC2)c(C)c1. The Morgan fingerprint density at radius 3 is 2.35 bits per heavy atom. The van der Waals surface area contributed by atoms with E-state index in [2.05, 4.69) is 38.2 Å². The van der Waals surface area contributed by atoms with Gasteiger partial charge in [0.1, 0.15) is 12.4 Å². The number of hydrogen-bond acceptors (Lipinski definition) is 2. The number of hydrogen-bond donors (Lipinski definition) is 1. The van der Waals surface area contributed by atoms with Crippen molar-refractivity contribution in [1.82, 2.24) is 5.32 Å². The van der Waals surface area contributed by atoms with Crippen LogP contribution in [0.2, 0.25) is 0 Å². The number of aryl methyl sites for hydroxylation is 3. The predicted molar refractivity (Wildman–Crippen MR) is 71.8 cm³/mol. The second-order valence-corrected chi connectivity index (χ2v) is 5.16. The third-order valence-corrected chi connectivity index (χ3v) is 3.49. The van der Waals surface area contributed by atoms with Crippen LogP contribution >= 0.6 is 0 Å². The van der Waals surface area contributed by atoms with Crippen molar-refractivity contribution in [3.63, 3.8) is 0 Å². The maximum Gasteiger partial charge on any atom is 0.125 e. The van der Waals surface area contributed by atoms with Crippen LogP contribution in [0.15, 0.2) is 12.1 Å².